The second-order valence-corrected chi connectivity index (χ2v) is 5.76. The lowest BCUT2D eigenvalue weighted by molar-refractivity contribution is 0.625. The molecule has 2 rings (SSSR count). The second-order valence-electron chi connectivity index (χ2n) is 4.82. The first-order valence-corrected chi connectivity index (χ1v) is 8.21. The number of aromatic nitrogens is 1. The van der Waals surface area contributed by atoms with Crippen molar-refractivity contribution in [1.29, 1.82) is 0 Å². The molecule has 0 atom stereocenters. The molecule has 1 aromatic heterocycles. The van der Waals surface area contributed by atoms with Gasteiger partial charge >= 0.3 is 0 Å². The number of halogens is 1. The van der Waals surface area contributed by atoms with Crippen LogP contribution in [0.3, 0.4) is 0 Å². The molecule has 0 amide bonds. The number of aliphatic imine (C=N–C) groups is 1. The fourth-order valence-electron chi connectivity index (χ4n) is 2.01. The van der Waals surface area contributed by atoms with Gasteiger partial charge in [-0.15, -0.1) is 11.3 Å². The third-order valence-corrected chi connectivity index (χ3v) is 4.20. The van der Waals surface area contributed by atoms with Crippen LogP contribution in [-0.4, -0.2) is 24.5 Å². The Hall–Kier alpha value is -1.95. The number of hydrogen-bond acceptors (Lipinski definition) is 3. The predicted molar refractivity (Wildman–Crippen MR) is 89.8 cm³/mol. The summed E-state index contributed by atoms with van der Waals surface area (Å²) in [5.41, 5.74) is 1.99. The fourth-order valence-corrected chi connectivity index (χ4v) is 2.75. The molecular formula is C16H21FN4S. The van der Waals surface area contributed by atoms with Crippen LogP contribution in [-0.2, 0) is 19.4 Å². The molecule has 2 aromatic rings. The highest BCUT2D eigenvalue weighted by molar-refractivity contribution is 7.09. The number of thiazole rings is 1. The molecule has 0 radical (unpaired) electrons. The first-order chi connectivity index (χ1) is 10.7. The van der Waals surface area contributed by atoms with Crippen LogP contribution >= 0.6 is 11.3 Å². The Morgan fingerprint density at radius 1 is 1.36 bits per heavy atom. The van der Waals surface area contributed by atoms with Gasteiger partial charge in [0.2, 0.25) is 0 Å². The lowest BCUT2D eigenvalue weighted by Crippen LogP contribution is -2.37. The summed E-state index contributed by atoms with van der Waals surface area (Å²) in [5, 5.41) is 9.66. The summed E-state index contributed by atoms with van der Waals surface area (Å²) in [6.45, 7) is 3.44. The fraction of sp³-hybridized carbons (Fsp3) is 0.375. The molecule has 0 saturated heterocycles. The average molecular weight is 320 g/mol. The van der Waals surface area contributed by atoms with E-state index in [1.165, 1.54) is 6.07 Å². The third-order valence-electron chi connectivity index (χ3n) is 3.16. The highest BCUT2D eigenvalue weighted by Crippen LogP contribution is 2.09. The molecule has 0 unspecified atom stereocenters. The normalized spacial score (nSPS) is 11.5. The average Bonchev–Trinajstić information content (AvgIpc) is 2.99. The minimum absolute atomic E-state index is 0.199. The van der Waals surface area contributed by atoms with Crippen molar-refractivity contribution in [2.75, 3.05) is 13.6 Å². The van der Waals surface area contributed by atoms with E-state index in [1.54, 1.807) is 30.5 Å². The van der Waals surface area contributed by atoms with Crippen molar-refractivity contribution in [3.05, 3.63) is 51.7 Å². The summed E-state index contributed by atoms with van der Waals surface area (Å²) in [6, 6.07) is 6.66. The van der Waals surface area contributed by atoms with Crippen LogP contribution < -0.4 is 10.6 Å². The van der Waals surface area contributed by atoms with Gasteiger partial charge in [-0.05, 0) is 30.5 Å². The number of benzene rings is 1. The zero-order valence-corrected chi connectivity index (χ0v) is 13.7. The largest absolute Gasteiger partial charge is 0.356 e. The Kier molecular flexibility index (Phi) is 6.33. The zero-order valence-electron chi connectivity index (χ0n) is 12.9. The summed E-state index contributed by atoms with van der Waals surface area (Å²) < 4.78 is 13.1. The molecular weight excluding hydrogens is 299 g/mol. The van der Waals surface area contributed by atoms with Crippen molar-refractivity contribution in [1.82, 2.24) is 15.6 Å². The molecule has 0 saturated carbocycles. The Balaban J connectivity index is 1.75. The van der Waals surface area contributed by atoms with Gasteiger partial charge in [0, 0.05) is 19.0 Å². The van der Waals surface area contributed by atoms with E-state index in [9.17, 15) is 4.39 Å². The molecule has 0 bridgehead atoms. The molecule has 0 aliphatic rings. The van der Waals surface area contributed by atoms with E-state index in [1.807, 2.05) is 6.07 Å². The van der Waals surface area contributed by atoms with E-state index in [4.69, 9.17) is 0 Å². The van der Waals surface area contributed by atoms with Crippen molar-refractivity contribution in [2.45, 2.75) is 26.3 Å². The Labute approximate surface area is 134 Å². The van der Waals surface area contributed by atoms with Gasteiger partial charge in [0.1, 0.15) is 5.82 Å². The standard InChI is InChI=1S/C16H21FN4S/c1-3-15-21-14(11-22-15)10-20-16(18-2)19-8-7-12-5-4-6-13(17)9-12/h4-6,9,11H,3,7-8,10H2,1-2H3,(H2,18,19,20). The molecule has 1 aromatic carbocycles. The van der Waals surface area contributed by atoms with E-state index >= 15 is 0 Å². The molecule has 1 heterocycles. The molecule has 4 nitrogen and oxygen atoms in total. The van der Waals surface area contributed by atoms with Crippen molar-refractivity contribution >= 4 is 17.3 Å². The summed E-state index contributed by atoms with van der Waals surface area (Å²) >= 11 is 1.68. The molecule has 0 fully saturated rings. The van der Waals surface area contributed by atoms with Gasteiger partial charge in [-0.3, -0.25) is 4.99 Å². The molecule has 22 heavy (non-hydrogen) atoms. The van der Waals surface area contributed by atoms with E-state index in [-0.39, 0.29) is 5.82 Å². The van der Waals surface area contributed by atoms with Crippen LogP contribution in [0.25, 0.3) is 0 Å². The van der Waals surface area contributed by atoms with Crippen LogP contribution in [0.5, 0.6) is 0 Å². The molecule has 0 aliphatic carbocycles. The summed E-state index contributed by atoms with van der Waals surface area (Å²) in [7, 11) is 1.73. The van der Waals surface area contributed by atoms with Gasteiger partial charge in [-0.1, -0.05) is 19.1 Å². The number of nitrogens with one attached hydrogen (secondary N) is 2. The van der Waals surface area contributed by atoms with Crippen molar-refractivity contribution in [2.24, 2.45) is 4.99 Å². The number of nitrogens with zero attached hydrogens (tertiary/aromatic N) is 2. The van der Waals surface area contributed by atoms with Gasteiger partial charge in [0.15, 0.2) is 5.96 Å². The summed E-state index contributed by atoms with van der Waals surface area (Å²) in [4.78, 5) is 8.68. The minimum atomic E-state index is -0.199. The smallest absolute Gasteiger partial charge is 0.191 e. The zero-order chi connectivity index (χ0) is 15.8. The van der Waals surface area contributed by atoms with Crippen LogP contribution in [0.4, 0.5) is 4.39 Å². The van der Waals surface area contributed by atoms with E-state index in [0.29, 0.717) is 13.1 Å². The maximum Gasteiger partial charge on any atom is 0.191 e. The highest BCUT2D eigenvalue weighted by Gasteiger charge is 2.02. The lowest BCUT2D eigenvalue weighted by atomic mass is 10.1. The van der Waals surface area contributed by atoms with Crippen molar-refractivity contribution in [3.63, 3.8) is 0 Å². The number of rotatable bonds is 6. The van der Waals surface area contributed by atoms with Crippen LogP contribution in [0.1, 0.15) is 23.2 Å². The lowest BCUT2D eigenvalue weighted by Gasteiger charge is -2.11. The first-order valence-electron chi connectivity index (χ1n) is 7.33. The van der Waals surface area contributed by atoms with Crippen molar-refractivity contribution < 1.29 is 4.39 Å². The second kappa shape index (κ2) is 8.48. The SMILES string of the molecule is CCc1nc(CNC(=NC)NCCc2cccc(F)c2)cs1. The third kappa shape index (κ3) is 5.11. The van der Waals surface area contributed by atoms with Crippen LogP contribution in [0.2, 0.25) is 0 Å². The maximum atomic E-state index is 13.1. The highest BCUT2D eigenvalue weighted by atomic mass is 32.1. The molecule has 0 spiro atoms. The number of hydrogen-bond donors (Lipinski definition) is 2. The van der Waals surface area contributed by atoms with Crippen LogP contribution in [0.15, 0.2) is 34.6 Å². The Morgan fingerprint density at radius 2 is 2.23 bits per heavy atom. The summed E-state index contributed by atoms with van der Waals surface area (Å²) in [5.74, 6) is 0.526. The van der Waals surface area contributed by atoms with E-state index < -0.39 is 0 Å². The number of aryl methyl sites for hydroxylation is 1. The van der Waals surface area contributed by atoms with Gasteiger partial charge in [0.05, 0.1) is 17.2 Å². The molecule has 2 N–H and O–H groups in total. The number of guanidine groups is 1. The molecule has 0 aliphatic heterocycles. The monoisotopic (exact) mass is 320 g/mol. The van der Waals surface area contributed by atoms with E-state index in [2.05, 4.69) is 32.9 Å². The van der Waals surface area contributed by atoms with Gasteiger partial charge < -0.3 is 10.6 Å². The first kappa shape index (κ1) is 16.4. The Bertz CT molecular complexity index is 624. The van der Waals surface area contributed by atoms with E-state index in [0.717, 1.165) is 35.1 Å². The molecule has 6 heteroatoms. The Morgan fingerprint density at radius 3 is 2.91 bits per heavy atom. The minimum Gasteiger partial charge on any atom is -0.356 e. The van der Waals surface area contributed by atoms with Gasteiger partial charge in [0.25, 0.3) is 0 Å². The van der Waals surface area contributed by atoms with Gasteiger partial charge in [-0.2, -0.15) is 0 Å². The molecule has 118 valence electrons. The van der Waals surface area contributed by atoms with Crippen molar-refractivity contribution in [3.8, 4) is 0 Å². The quantitative estimate of drug-likeness (QED) is 0.635. The predicted octanol–water partition coefficient (Wildman–Crippen LogP) is 2.75. The topological polar surface area (TPSA) is 49.3 Å². The maximum absolute atomic E-state index is 13.1. The van der Waals surface area contributed by atoms with Crippen LogP contribution in [0, 0.1) is 5.82 Å². The van der Waals surface area contributed by atoms with Gasteiger partial charge in [-0.25, -0.2) is 9.37 Å². The summed E-state index contributed by atoms with van der Waals surface area (Å²) in [6.07, 6.45) is 1.71.